The van der Waals surface area contributed by atoms with Gasteiger partial charge in [0.25, 0.3) is 11.9 Å². The molecule has 2 heterocycles. The molecule has 40 heavy (non-hydrogen) atoms. The molecular formula is C28H28FN3O7S. The fraction of sp³-hybridized carbons (Fsp3) is 0.286. The maximum absolute atomic E-state index is 13.8. The van der Waals surface area contributed by atoms with Gasteiger partial charge in [-0.25, -0.2) is 12.8 Å². The van der Waals surface area contributed by atoms with Gasteiger partial charge in [0.15, 0.2) is 17.1 Å². The first-order valence-corrected chi connectivity index (χ1v) is 14.2. The van der Waals surface area contributed by atoms with E-state index in [4.69, 9.17) is 18.6 Å². The number of anilines is 1. The van der Waals surface area contributed by atoms with Crippen LogP contribution in [0.15, 0.2) is 59.0 Å². The standard InChI is InChI=1S/C28H28FN3O7S/c1-4-40(34,35)31-27(33)23-14-21-18(15-32(23)28-30-22-11-8-19(29)13-25(22)39-28)7-12-24(37-3)26(21)38-16-17-5-9-20(36-2)10-6-17/h5-13,23H,4,14-16H2,1-3H3,(H,31,33). The molecule has 1 aromatic heterocycles. The van der Waals surface area contributed by atoms with Crippen LogP contribution in [0.2, 0.25) is 0 Å². The Kier molecular flexibility index (Phi) is 7.53. The number of aromatic nitrogens is 1. The number of rotatable bonds is 9. The average Bonchev–Trinajstić information content (AvgIpc) is 3.38. The second kappa shape index (κ2) is 11.0. The molecule has 10 nitrogen and oxygen atoms in total. The van der Waals surface area contributed by atoms with E-state index in [2.05, 4.69) is 9.71 Å². The van der Waals surface area contributed by atoms with Crippen LogP contribution >= 0.6 is 0 Å². The van der Waals surface area contributed by atoms with Gasteiger partial charge in [0.05, 0.1) is 20.0 Å². The molecule has 1 aliphatic heterocycles. The van der Waals surface area contributed by atoms with Crippen LogP contribution in [-0.4, -0.2) is 45.3 Å². The Morgan fingerprint density at radius 1 is 1.12 bits per heavy atom. The molecule has 3 aromatic carbocycles. The summed E-state index contributed by atoms with van der Waals surface area (Å²) in [6, 6.07) is 14.0. The molecule has 0 spiro atoms. The highest BCUT2D eigenvalue weighted by atomic mass is 32.2. The molecule has 0 saturated heterocycles. The first-order valence-electron chi connectivity index (χ1n) is 12.5. The zero-order chi connectivity index (χ0) is 28.4. The van der Waals surface area contributed by atoms with Crippen molar-refractivity contribution in [1.29, 1.82) is 0 Å². The monoisotopic (exact) mass is 569 g/mol. The number of ether oxygens (including phenoxy) is 3. The predicted molar refractivity (Wildman–Crippen MR) is 146 cm³/mol. The number of nitrogens with one attached hydrogen (secondary N) is 1. The van der Waals surface area contributed by atoms with E-state index in [-0.39, 0.29) is 36.9 Å². The minimum atomic E-state index is -3.85. The molecule has 1 unspecified atom stereocenters. The molecule has 0 aliphatic carbocycles. The van der Waals surface area contributed by atoms with Crippen molar-refractivity contribution in [3.63, 3.8) is 0 Å². The maximum atomic E-state index is 13.8. The van der Waals surface area contributed by atoms with Crippen LogP contribution in [0.1, 0.15) is 23.6 Å². The van der Waals surface area contributed by atoms with Crippen LogP contribution in [0.25, 0.3) is 11.1 Å². The summed E-state index contributed by atoms with van der Waals surface area (Å²) in [5.74, 6) is 0.132. The highest BCUT2D eigenvalue weighted by Gasteiger charge is 2.38. The van der Waals surface area contributed by atoms with E-state index >= 15 is 0 Å². The number of carbonyl (C=O) groups is 1. The van der Waals surface area contributed by atoms with Crippen molar-refractivity contribution >= 4 is 33.0 Å². The Morgan fingerprint density at radius 3 is 2.60 bits per heavy atom. The van der Waals surface area contributed by atoms with Crippen LogP contribution in [0, 0.1) is 5.82 Å². The van der Waals surface area contributed by atoms with Gasteiger partial charge in [-0.15, -0.1) is 0 Å². The summed E-state index contributed by atoms with van der Waals surface area (Å²) in [6.07, 6.45) is 0.0721. The third-order valence-corrected chi connectivity index (χ3v) is 7.99. The van der Waals surface area contributed by atoms with E-state index in [1.165, 1.54) is 32.2 Å². The molecule has 1 atom stereocenters. The number of hydrogen-bond donors (Lipinski definition) is 1. The second-order valence-corrected chi connectivity index (χ2v) is 11.2. The van der Waals surface area contributed by atoms with Crippen LogP contribution in [0.3, 0.4) is 0 Å². The minimum Gasteiger partial charge on any atom is -0.497 e. The van der Waals surface area contributed by atoms with E-state index in [1.807, 2.05) is 30.3 Å². The molecule has 4 aromatic rings. The predicted octanol–water partition coefficient (Wildman–Crippen LogP) is 3.96. The molecular weight excluding hydrogens is 541 g/mol. The lowest BCUT2D eigenvalue weighted by molar-refractivity contribution is -0.120. The molecule has 1 amide bonds. The number of sulfonamides is 1. The number of carbonyl (C=O) groups excluding carboxylic acids is 1. The number of halogens is 1. The smallest absolute Gasteiger partial charge is 0.299 e. The second-order valence-electron chi connectivity index (χ2n) is 9.20. The molecule has 12 heteroatoms. The molecule has 0 radical (unpaired) electrons. The lowest BCUT2D eigenvalue weighted by Gasteiger charge is -2.35. The Balaban J connectivity index is 1.53. The van der Waals surface area contributed by atoms with E-state index in [0.29, 0.717) is 22.6 Å². The van der Waals surface area contributed by atoms with Gasteiger partial charge in [-0.3, -0.25) is 9.52 Å². The van der Waals surface area contributed by atoms with Crippen molar-refractivity contribution < 1.29 is 36.2 Å². The van der Waals surface area contributed by atoms with Gasteiger partial charge < -0.3 is 23.5 Å². The van der Waals surface area contributed by atoms with Gasteiger partial charge in [0.1, 0.15) is 29.7 Å². The zero-order valence-corrected chi connectivity index (χ0v) is 23.0. The van der Waals surface area contributed by atoms with Gasteiger partial charge in [-0.2, -0.15) is 4.98 Å². The van der Waals surface area contributed by atoms with Gasteiger partial charge in [0, 0.05) is 24.6 Å². The third-order valence-electron chi connectivity index (χ3n) is 6.72. The van der Waals surface area contributed by atoms with E-state index in [1.54, 1.807) is 18.1 Å². The molecule has 0 fully saturated rings. The largest absolute Gasteiger partial charge is 0.497 e. The number of amides is 1. The Labute approximate surface area is 230 Å². The topological polar surface area (TPSA) is 120 Å². The highest BCUT2D eigenvalue weighted by Crippen LogP contribution is 2.40. The molecule has 5 rings (SSSR count). The average molecular weight is 570 g/mol. The lowest BCUT2D eigenvalue weighted by atomic mass is 9.92. The van der Waals surface area contributed by atoms with Crippen molar-refractivity contribution in [3.05, 3.63) is 77.1 Å². The number of hydrogen-bond acceptors (Lipinski definition) is 9. The summed E-state index contributed by atoms with van der Waals surface area (Å²) in [5.41, 5.74) is 3.00. The number of benzene rings is 3. The van der Waals surface area contributed by atoms with E-state index in [0.717, 1.165) is 16.9 Å². The van der Waals surface area contributed by atoms with Crippen molar-refractivity contribution in [2.24, 2.45) is 0 Å². The van der Waals surface area contributed by atoms with Gasteiger partial charge in [-0.05, 0) is 48.4 Å². The Morgan fingerprint density at radius 2 is 1.90 bits per heavy atom. The van der Waals surface area contributed by atoms with Crippen LogP contribution < -0.4 is 23.8 Å². The first-order chi connectivity index (χ1) is 19.2. The minimum absolute atomic E-state index is 0.0665. The summed E-state index contributed by atoms with van der Waals surface area (Å²) in [7, 11) is -0.738. The van der Waals surface area contributed by atoms with Gasteiger partial charge in [-0.1, -0.05) is 18.2 Å². The summed E-state index contributed by atoms with van der Waals surface area (Å²) in [6.45, 7) is 1.81. The normalized spacial score (nSPS) is 15.0. The summed E-state index contributed by atoms with van der Waals surface area (Å²) >= 11 is 0. The van der Waals surface area contributed by atoms with E-state index in [9.17, 15) is 17.6 Å². The molecule has 0 bridgehead atoms. The number of methoxy groups -OCH3 is 2. The summed E-state index contributed by atoms with van der Waals surface area (Å²) < 4.78 is 63.4. The van der Waals surface area contributed by atoms with E-state index < -0.39 is 27.8 Å². The zero-order valence-electron chi connectivity index (χ0n) is 22.1. The molecule has 0 saturated carbocycles. The summed E-state index contributed by atoms with van der Waals surface area (Å²) in [4.78, 5) is 19.4. The number of nitrogens with zero attached hydrogens (tertiary/aromatic N) is 2. The van der Waals surface area contributed by atoms with Crippen LogP contribution in [0.4, 0.5) is 10.4 Å². The van der Waals surface area contributed by atoms with Crippen molar-refractivity contribution in [3.8, 4) is 17.2 Å². The van der Waals surface area contributed by atoms with Gasteiger partial charge >= 0.3 is 0 Å². The fourth-order valence-electron chi connectivity index (χ4n) is 4.55. The highest BCUT2D eigenvalue weighted by molar-refractivity contribution is 7.90. The number of fused-ring (bicyclic) bond motifs is 2. The third kappa shape index (κ3) is 5.53. The van der Waals surface area contributed by atoms with Crippen LogP contribution in [-0.2, 0) is 34.4 Å². The van der Waals surface area contributed by atoms with Gasteiger partial charge in [0.2, 0.25) is 10.0 Å². The quantitative estimate of drug-likeness (QED) is 0.319. The molecule has 210 valence electrons. The lowest BCUT2D eigenvalue weighted by Crippen LogP contribution is -2.52. The van der Waals surface area contributed by atoms with Crippen molar-refractivity contribution in [2.75, 3.05) is 24.9 Å². The Bertz CT molecular complexity index is 1650. The Hall–Kier alpha value is -4.32. The van der Waals surface area contributed by atoms with Crippen molar-refractivity contribution in [2.45, 2.75) is 32.5 Å². The maximum Gasteiger partial charge on any atom is 0.299 e. The van der Waals surface area contributed by atoms with Crippen LogP contribution in [0.5, 0.6) is 17.2 Å². The number of oxazole rings is 1. The fourth-order valence-corrected chi connectivity index (χ4v) is 5.14. The summed E-state index contributed by atoms with van der Waals surface area (Å²) in [5, 5.41) is 0. The SMILES string of the molecule is CCS(=O)(=O)NC(=O)C1Cc2c(ccc(OC)c2OCc2ccc(OC)cc2)CN1c1nc2ccc(F)cc2o1. The first kappa shape index (κ1) is 27.3. The van der Waals surface area contributed by atoms with Crippen molar-refractivity contribution in [1.82, 2.24) is 9.71 Å². The molecule has 1 aliphatic rings. The molecule has 1 N–H and O–H groups in total.